The minimum absolute atomic E-state index is 0.0547. The molecule has 8 nitrogen and oxygen atoms in total. The SMILES string of the molecule is O=C(NN(Cc1ccc(-c2cc(Cl)ccc2F)cc1)CC(O)C(=O)O)c1cnc(O)s1. The first kappa shape index (κ1) is 22.6. The minimum atomic E-state index is -1.74. The van der Waals surface area contributed by atoms with E-state index in [0.29, 0.717) is 21.7 Å². The molecule has 3 aromatic rings. The predicted molar refractivity (Wildman–Crippen MR) is 112 cm³/mol. The van der Waals surface area contributed by atoms with Crippen molar-refractivity contribution in [2.45, 2.75) is 12.6 Å². The Balaban J connectivity index is 1.77. The van der Waals surface area contributed by atoms with Crippen molar-refractivity contribution in [1.82, 2.24) is 15.4 Å². The average Bonchev–Trinajstić information content (AvgIpc) is 3.17. The number of aliphatic hydroxyl groups is 1. The van der Waals surface area contributed by atoms with E-state index in [0.717, 1.165) is 11.3 Å². The molecule has 1 amide bonds. The number of aliphatic carboxylic acids is 1. The van der Waals surface area contributed by atoms with Crippen LogP contribution in [0.2, 0.25) is 5.02 Å². The number of aromatic nitrogens is 1. The van der Waals surface area contributed by atoms with Gasteiger partial charge in [0.15, 0.2) is 6.10 Å². The highest BCUT2D eigenvalue weighted by molar-refractivity contribution is 7.15. The second-order valence-electron chi connectivity index (χ2n) is 6.50. The van der Waals surface area contributed by atoms with E-state index in [1.54, 1.807) is 24.3 Å². The van der Waals surface area contributed by atoms with Gasteiger partial charge in [-0.3, -0.25) is 10.2 Å². The molecular formula is C20H17ClFN3O5S. The van der Waals surface area contributed by atoms with E-state index in [2.05, 4.69) is 10.4 Å². The molecule has 1 aromatic heterocycles. The van der Waals surface area contributed by atoms with Crippen LogP contribution in [0.4, 0.5) is 4.39 Å². The maximum Gasteiger partial charge on any atom is 0.333 e. The Morgan fingerprint density at radius 2 is 1.94 bits per heavy atom. The Labute approximate surface area is 185 Å². The summed E-state index contributed by atoms with van der Waals surface area (Å²) in [6.45, 7) is -0.338. The summed E-state index contributed by atoms with van der Waals surface area (Å²) in [7, 11) is 0. The molecule has 1 unspecified atom stereocenters. The third-order valence-electron chi connectivity index (χ3n) is 4.22. The third-order valence-corrected chi connectivity index (χ3v) is 5.26. The number of halogens is 2. The number of hydrazine groups is 1. The highest BCUT2D eigenvalue weighted by atomic mass is 35.5. The van der Waals surface area contributed by atoms with Crippen LogP contribution in [0.5, 0.6) is 5.19 Å². The van der Waals surface area contributed by atoms with Crippen LogP contribution in [0.15, 0.2) is 48.7 Å². The second-order valence-corrected chi connectivity index (χ2v) is 7.95. The number of carboxylic acids is 1. The zero-order chi connectivity index (χ0) is 22.5. The van der Waals surface area contributed by atoms with Crippen LogP contribution in [-0.4, -0.2) is 49.8 Å². The number of aromatic hydroxyl groups is 1. The lowest BCUT2D eigenvalue weighted by Crippen LogP contribution is -2.47. The zero-order valence-electron chi connectivity index (χ0n) is 15.8. The van der Waals surface area contributed by atoms with Crippen LogP contribution >= 0.6 is 22.9 Å². The van der Waals surface area contributed by atoms with E-state index < -0.39 is 30.3 Å². The predicted octanol–water partition coefficient (Wildman–Crippen LogP) is 2.90. The summed E-state index contributed by atoms with van der Waals surface area (Å²) in [4.78, 5) is 27.1. The maximum absolute atomic E-state index is 14.1. The van der Waals surface area contributed by atoms with Gasteiger partial charge in [0, 0.05) is 17.1 Å². The fraction of sp³-hybridized carbons (Fsp3) is 0.150. The van der Waals surface area contributed by atoms with E-state index in [1.807, 2.05) is 0 Å². The summed E-state index contributed by atoms with van der Waals surface area (Å²) in [6, 6.07) is 10.9. The van der Waals surface area contributed by atoms with Gasteiger partial charge in [-0.05, 0) is 29.3 Å². The van der Waals surface area contributed by atoms with Crippen molar-refractivity contribution in [3.8, 4) is 16.3 Å². The van der Waals surface area contributed by atoms with Gasteiger partial charge in [0.2, 0.25) is 0 Å². The highest BCUT2D eigenvalue weighted by Crippen LogP contribution is 2.26. The molecule has 0 radical (unpaired) electrons. The molecule has 2 aromatic carbocycles. The second kappa shape index (κ2) is 9.84. The summed E-state index contributed by atoms with van der Waals surface area (Å²) < 4.78 is 14.1. The van der Waals surface area contributed by atoms with Crippen molar-refractivity contribution >= 4 is 34.8 Å². The molecule has 11 heteroatoms. The lowest BCUT2D eigenvalue weighted by atomic mass is 10.0. The van der Waals surface area contributed by atoms with Gasteiger partial charge >= 0.3 is 5.97 Å². The topological polar surface area (TPSA) is 123 Å². The molecule has 0 fully saturated rings. The van der Waals surface area contributed by atoms with E-state index in [9.17, 15) is 24.2 Å². The standard InChI is InChI=1S/C20H17ClFN3O5S/c21-13-5-6-15(22)14(7-13)12-3-1-11(2-4-12)9-25(10-16(26)19(28)29)24-18(27)17-8-23-20(30)31-17/h1-8,16,26H,9-10H2,(H,23,30)(H,24,27)(H,28,29). The number of hydrogen-bond donors (Lipinski definition) is 4. The average molecular weight is 466 g/mol. The Morgan fingerprint density at radius 1 is 1.23 bits per heavy atom. The van der Waals surface area contributed by atoms with Crippen molar-refractivity contribution in [3.05, 3.63) is 69.9 Å². The number of aliphatic hydroxyl groups excluding tert-OH is 1. The van der Waals surface area contributed by atoms with E-state index in [4.69, 9.17) is 16.7 Å². The molecule has 0 saturated heterocycles. The molecule has 0 aliphatic heterocycles. The Hall–Kier alpha value is -3.05. The van der Waals surface area contributed by atoms with Gasteiger partial charge in [-0.15, -0.1) is 0 Å². The lowest BCUT2D eigenvalue weighted by molar-refractivity contribution is -0.148. The van der Waals surface area contributed by atoms with Crippen LogP contribution in [0.1, 0.15) is 15.2 Å². The number of carbonyl (C=O) groups excluding carboxylic acids is 1. The molecule has 0 bridgehead atoms. The van der Waals surface area contributed by atoms with Crippen LogP contribution in [0.3, 0.4) is 0 Å². The number of thiazole rings is 1. The number of nitrogens with one attached hydrogen (secondary N) is 1. The van der Waals surface area contributed by atoms with Crippen molar-refractivity contribution in [3.63, 3.8) is 0 Å². The first-order valence-corrected chi connectivity index (χ1v) is 10.1. The van der Waals surface area contributed by atoms with Gasteiger partial charge in [-0.2, -0.15) is 0 Å². The largest absolute Gasteiger partial charge is 0.486 e. The molecule has 162 valence electrons. The number of nitrogens with zero attached hydrogens (tertiary/aromatic N) is 2. The monoisotopic (exact) mass is 465 g/mol. The van der Waals surface area contributed by atoms with Crippen LogP contribution in [0.25, 0.3) is 11.1 Å². The summed E-state index contributed by atoms with van der Waals surface area (Å²) in [5, 5.41) is 29.3. The summed E-state index contributed by atoms with van der Waals surface area (Å²) in [5.74, 6) is -2.49. The number of carbonyl (C=O) groups is 2. The van der Waals surface area contributed by atoms with Crippen molar-refractivity contribution in [1.29, 1.82) is 0 Å². The van der Waals surface area contributed by atoms with Gasteiger partial charge in [0.05, 0.1) is 12.7 Å². The van der Waals surface area contributed by atoms with Crippen LogP contribution in [0, 0.1) is 5.82 Å². The van der Waals surface area contributed by atoms with Crippen LogP contribution < -0.4 is 5.43 Å². The third kappa shape index (κ3) is 5.98. The Morgan fingerprint density at radius 3 is 2.55 bits per heavy atom. The van der Waals surface area contributed by atoms with Gasteiger partial charge in [-0.25, -0.2) is 19.2 Å². The number of benzene rings is 2. The molecule has 0 aliphatic carbocycles. The number of amides is 1. The summed E-state index contributed by atoms with van der Waals surface area (Å²) in [5.41, 5.74) is 4.08. The zero-order valence-corrected chi connectivity index (χ0v) is 17.4. The molecular weight excluding hydrogens is 449 g/mol. The van der Waals surface area contributed by atoms with Crippen LogP contribution in [-0.2, 0) is 11.3 Å². The van der Waals surface area contributed by atoms with E-state index in [-0.39, 0.29) is 16.6 Å². The Kier molecular flexibility index (Phi) is 7.18. The first-order chi connectivity index (χ1) is 14.7. The van der Waals surface area contributed by atoms with Crippen molar-refractivity contribution < 1.29 is 29.3 Å². The number of carboxylic acid groups (broad SMARTS) is 1. The van der Waals surface area contributed by atoms with Crippen molar-refractivity contribution in [2.75, 3.05) is 6.54 Å². The summed E-state index contributed by atoms with van der Waals surface area (Å²) in [6.07, 6.45) is -0.565. The smallest absolute Gasteiger partial charge is 0.333 e. The molecule has 1 heterocycles. The Bertz CT molecular complexity index is 1090. The van der Waals surface area contributed by atoms with Gasteiger partial charge in [0.1, 0.15) is 10.7 Å². The maximum atomic E-state index is 14.1. The normalized spacial score (nSPS) is 12.0. The molecule has 4 N–H and O–H groups in total. The molecule has 1 atom stereocenters. The van der Waals surface area contributed by atoms with E-state index >= 15 is 0 Å². The summed E-state index contributed by atoms with van der Waals surface area (Å²) >= 11 is 6.69. The minimum Gasteiger partial charge on any atom is -0.486 e. The lowest BCUT2D eigenvalue weighted by Gasteiger charge is -2.24. The van der Waals surface area contributed by atoms with Crippen molar-refractivity contribution in [2.24, 2.45) is 0 Å². The van der Waals surface area contributed by atoms with Gasteiger partial charge < -0.3 is 15.3 Å². The number of hydrogen-bond acceptors (Lipinski definition) is 7. The molecule has 0 spiro atoms. The molecule has 3 rings (SSSR count). The quantitative estimate of drug-likeness (QED) is 0.377. The fourth-order valence-electron chi connectivity index (χ4n) is 2.73. The first-order valence-electron chi connectivity index (χ1n) is 8.89. The molecule has 0 aliphatic rings. The number of rotatable bonds is 8. The van der Waals surface area contributed by atoms with Gasteiger partial charge in [0.25, 0.3) is 11.1 Å². The molecule has 0 saturated carbocycles. The highest BCUT2D eigenvalue weighted by Gasteiger charge is 2.21. The van der Waals surface area contributed by atoms with Gasteiger partial charge in [-0.1, -0.05) is 47.2 Å². The fourth-order valence-corrected chi connectivity index (χ4v) is 3.45. The van der Waals surface area contributed by atoms with E-state index in [1.165, 1.54) is 29.4 Å². The molecule has 31 heavy (non-hydrogen) atoms.